The SMILES string of the molecule is COc1ccccc1[C@@H](CN[C@H](C)c1cnccn1)N1CCCCC1. The molecule has 0 radical (unpaired) electrons. The van der Waals surface area contributed by atoms with Gasteiger partial charge in [-0.3, -0.25) is 14.9 Å². The van der Waals surface area contributed by atoms with Gasteiger partial charge in [0.25, 0.3) is 0 Å². The summed E-state index contributed by atoms with van der Waals surface area (Å²) in [6, 6.07) is 8.84. The quantitative estimate of drug-likeness (QED) is 0.837. The van der Waals surface area contributed by atoms with Crippen LogP contribution in [0.2, 0.25) is 0 Å². The van der Waals surface area contributed by atoms with Crippen LogP contribution in [0.1, 0.15) is 49.5 Å². The number of aromatic nitrogens is 2. The van der Waals surface area contributed by atoms with Crippen LogP contribution in [0.3, 0.4) is 0 Å². The normalized spacial score (nSPS) is 17.8. The van der Waals surface area contributed by atoms with Crippen LogP contribution in [0.4, 0.5) is 0 Å². The molecule has 1 fully saturated rings. The van der Waals surface area contributed by atoms with Crippen LogP contribution in [-0.2, 0) is 0 Å². The van der Waals surface area contributed by atoms with E-state index in [4.69, 9.17) is 4.74 Å². The smallest absolute Gasteiger partial charge is 0.123 e. The molecule has 3 rings (SSSR count). The number of nitrogens with zero attached hydrogens (tertiary/aromatic N) is 3. The Morgan fingerprint density at radius 2 is 1.96 bits per heavy atom. The fourth-order valence-electron chi connectivity index (χ4n) is 3.53. The van der Waals surface area contributed by atoms with Crippen molar-refractivity contribution in [2.24, 2.45) is 0 Å². The maximum Gasteiger partial charge on any atom is 0.123 e. The third-order valence-electron chi connectivity index (χ3n) is 4.97. The van der Waals surface area contributed by atoms with Crippen molar-refractivity contribution in [1.82, 2.24) is 20.2 Å². The first-order valence-corrected chi connectivity index (χ1v) is 9.16. The van der Waals surface area contributed by atoms with Crippen molar-refractivity contribution in [3.63, 3.8) is 0 Å². The number of ether oxygens (including phenoxy) is 1. The average molecular weight is 340 g/mol. The van der Waals surface area contributed by atoms with Gasteiger partial charge in [-0.05, 0) is 38.9 Å². The van der Waals surface area contributed by atoms with Gasteiger partial charge >= 0.3 is 0 Å². The fourth-order valence-corrected chi connectivity index (χ4v) is 3.53. The lowest BCUT2D eigenvalue weighted by Crippen LogP contribution is -2.40. The maximum absolute atomic E-state index is 5.63. The van der Waals surface area contributed by atoms with E-state index in [1.165, 1.54) is 24.8 Å². The summed E-state index contributed by atoms with van der Waals surface area (Å²) >= 11 is 0. The number of methoxy groups -OCH3 is 1. The molecule has 134 valence electrons. The lowest BCUT2D eigenvalue weighted by atomic mass is 10.00. The highest BCUT2D eigenvalue weighted by molar-refractivity contribution is 5.36. The van der Waals surface area contributed by atoms with E-state index in [0.717, 1.165) is 31.1 Å². The molecular formula is C20H28N4O. The number of likely N-dealkylation sites (tertiary alicyclic amines) is 1. The molecule has 1 aromatic carbocycles. The van der Waals surface area contributed by atoms with Crippen LogP contribution >= 0.6 is 0 Å². The van der Waals surface area contributed by atoms with Gasteiger partial charge in [-0.25, -0.2) is 0 Å². The first-order valence-electron chi connectivity index (χ1n) is 9.16. The topological polar surface area (TPSA) is 50.3 Å². The van der Waals surface area contributed by atoms with Crippen molar-refractivity contribution in [2.75, 3.05) is 26.7 Å². The molecule has 2 aromatic rings. The Balaban J connectivity index is 1.76. The van der Waals surface area contributed by atoms with Crippen LogP contribution in [-0.4, -0.2) is 41.6 Å². The molecule has 25 heavy (non-hydrogen) atoms. The van der Waals surface area contributed by atoms with E-state index in [1.807, 2.05) is 12.3 Å². The number of rotatable bonds is 7. The van der Waals surface area contributed by atoms with E-state index >= 15 is 0 Å². The largest absolute Gasteiger partial charge is 0.496 e. The second-order valence-corrected chi connectivity index (χ2v) is 6.61. The third kappa shape index (κ3) is 4.55. The first-order chi connectivity index (χ1) is 12.3. The second-order valence-electron chi connectivity index (χ2n) is 6.61. The van der Waals surface area contributed by atoms with E-state index in [2.05, 4.69) is 45.3 Å². The van der Waals surface area contributed by atoms with Gasteiger partial charge < -0.3 is 10.1 Å². The number of nitrogens with one attached hydrogen (secondary N) is 1. The monoisotopic (exact) mass is 340 g/mol. The Morgan fingerprint density at radius 1 is 1.16 bits per heavy atom. The third-order valence-corrected chi connectivity index (χ3v) is 4.97. The zero-order chi connectivity index (χ0) is 17.5. The molecule has 1 saturated heterocycles. The lowest BCUT2D eigenvalue weighted by Gasteiger charge is -2.36. The number of piperidine rings is 1. The van der Waals surface area contributed by atoms with Gasteiger partial charge in [0.2, 0.25) is 0 Å². The van der Waals surface area contributed by atoms with E-state index in [9.17, 15) is 0 Å². The van der Waals surface area contributed by atoms with Gasteiger partial charge in [-0.1, -0.05) is 24.6 Å². The summed E-state index contributed by atoms with van der Waals surface area (Å²) in [5.41, 5.74) is 2.23. The summed E-state index contributed by atoms with van der Waals surface area (Å²) in [5, 5.41) is 3.65. The van der Waals surface area contributed by atoms with E-state index < -0.39 is 0 Å². The van der Waals surface area contributed by atoms with Gasteiger partial charge in [0.1, 0.15) is 5.75 Å². The van der Waals surface area contributed by atoms with Crippen molar-refractivity contribution in [3.8, 4) is 5.75 Å². The molecule has 0 amide bonds. The second kappa shape index (κ2) is 8.92. The van der Waals surface area contributed by atoms with Crippen molar-refractivity contribution in [1.29, 1.82) is 0 Å². The van der Waals surface area contributed by atoms with Crippen LogP contribution in [0.25, 0.3) is 0 Å². The average Bonchev–Trinajstić information content (AvgIpc) is 2.70. The minimum absolute atomic E-state index is 0.163. The number of para-hydroxylation sites is 1. The van der Waals surface area contributed by atoms with Gasteiger partial charge in [0.15, 0.2) is 0 Å². The van der Waals surface area contributed by atoms with Crippen LogP contribution in [0.15, 0.2) is 42.9 Å². The van der Waals surface area contributed by atoms with Crippen LogP contribution in [0, 0.1) is 0 Å². The molecule has 0 saturated carbocycles. The molecular weight excluding hydrogens is 312 g/mol. The van der Waals surface area contributed by atoms with Gasteiger partial charge in [0.05, 0.1) is 18.8 Å². The Labute approximate surface area is 150 Å². The van der Waals surface area contributed by atoms with E-state index in [-0.39, 0.29) is 6.04 Å². The lowest BCUT2D eigenvalue weighted by molar-refractivity contribution is 0.155. The summed E-state index contributed by atoms with van der Waals surface area (Å²) in [7, 11) is 1.75. The molecule has 2 atom stereocenters. The van der Waals surface area contributed by atoms with Crippen LogP contribution < -0.4 is 10.1 Å². The van der Waals surface area contributed by atoms with E-state index in [0.29, 0.717) is 6.04 Å². The minimum atomic E-state index is 0.163. The molecule has 5 heteroatoms. The van der Waals surface area contributed by atoms with Crippen molar-refractivity contribution in [3.05, 3.63) is 54.1 Å². The number of hydrogen-bond donors (Lipinski definition) is 1. The van der Waals surface area contributed by atoms with E-state index in [1.54, 1.807) is 19.5 Å². The summed E-state index contributed by atoms with van der Waals surface area (Å²) < 4.78 is 5.63. The fraction of sp³-hybridized carbons (Fsp3) is 0.500. The molecule has 5 nitrogen and oxygen atoms in total. The molecule has 1 aliphatic rings. The van der Waals surface area contributed by atoms with Crippen molar-refractivity contribution >= 4 is 0 Å². The summed E-state index contributed by atoms with van der Waals surface area (Å²) in [6.45, 7) is 5.28. The highest BCUT2D eigenvalue weighted by Gasteiger charge is 2.25. The Morgan fingerprint density at radius 3 is 2.68 bits per heavy atom. The standard InChI is InChI=1S/C20H28N4O/c1-16(18-14-21-10-11-22-18)23-15-19(24-12-6-3-7-13-24)17-8-4-5-9-20(17)25-2/h4-5,8-11,14,16,19,23H,3,6-7,12-13,15H2,1-2H3/t16-,19-/m1/s1. The predicted molar refractivity (Wildman–Crippen MR) is 99.6 cm³/mol. The molecule has 1 aliphatic heterocycles. The number of benzene rings is 1. The number of hydrogen-bond acceptors (Lipinski definition) is 5. The summed E-state index contributed by atoms with van der Waals surface area (Å²) in [4.78, 5) is 11.2. The van der Waals surface area contributed by atoms with Crippen molar-refractivity contribution in [2.45, 2.75) is 38.3 Å². The zero-order valence-electron chi connectivity index (χ0n) is 15.2. The molecule has 1 N–H and O–H groups in total. The highest BCUT2D eigenvalue weighted by atomic mass is 16.5. The predicted octanol–water partition coefficient (Wildman–Crippen LogP) is 3.36. The minimum Gasteiger partial charge on any atom is -0.496 e. The zero-order valence-corrected chi connectivity index (χ0v) is 15.2. The Bertz CT molecular complexity index is 643. The summed E-state index contributed by atoms with van der Waals surface area (Å²) in [5.74, 6) is 0.965. The maximum atomic E-state index is 5.63. The van der Waals surface area contributed by atoms with Gasteiger partial charge in [0, 0.05) is 36.7 Å². The summed E-state index contributed by atoms with van der Waals surface area (Å²) in [6.07, 6.45) is 9.16. The van der Waals surface area contributed by atoms with Crippen LogP contribution in [0.5, 0.6) is 5.75 Å². The molecule has 0 unspecified atom stereocenters. The molecule has 1 aromatic heterocycles. The molecule has 0 spiro atoms. The molecule has 0 aliphatic carbocycles. The highest BCUT2D eigenvalue weighted by Crippen LogP contribution is 2.31. The molecule has 2 heterocycles. The van der Waals surface area contributed by atoms with Crippen molar-refractivity contribution < 1.29 is 4.74 Å². The Kier molecular flexibility index (Phi) is 6.36. The first kappa shape index (κ1) is 17.8. The van der Waals surface area contributed by atoms with Gasteiger partial charge in [-0.15, -0.1) is 0 Å². The Hall–Kier alpha value is -1.98. The molecule has 0 bridgehead atoms. The van der Waals surface area contributed by atoms with Gasteiger partial charge in [-0.2, -0.15) is 0 Å².